The Bertz CT molecular complexity index is 2340. The van der Waals surface area contributed by atoms with Crippen molar-refractivity contribution in [1.82, 2.24) is 9.13 Å². The molecule has 8 aromatic rings. The van der Waals surface area contributed by atoms with E-state index in [1.54, 1.807) is 0 Å². The average molecular weight is 535 g/mol. The van der Waals surface area contributed by atoms with E-state index in [4.69, 9.17) is 6.57 Å². The zero-order chi connectivity index (χ0) is 28.2. The van der Waals surface area contributed by atoms with Crippen molar-refractivity contribution in [2.75, 3.05) is 0 Å². The lowest BCUT2D eigenvalue weighted by atomic mass is 9.95. The third-order valence-electron chi connectivity index (χ3n) is 8.19. The van der Waals surface area contributed by atoms with E-state index in [2.05, 4.69) is 117 Å². The van der Waals surface area contributed by atoms with Gasteiger partial charge in [-0.3, -0.25) is 0 Å². The minimum absolute atomic E-state index is 0.504. The van der Waals surface area contributed by atoms with Crippen molar-refractivity contribution in [3.8, 4) is 28.6 Å². The molecule has 0 fully saturated rings. The van der Waals surface area contributed by atoms with Crippen LogP contribution in [0, 0.1) is 17.9 Å². The molecule has 6 aromatic carbocycles. The van der Waals surface area contributed by atoms with Gasteiger partial charge in [-0.1, -0.05) is 84.9 Å². The van der Waals surface area contributed by atoms with Gasteiger partial charge in [-0.05, 0) is 54.1 Å². The van der Waals surface area contributed by atoms with Gasteiger partial charge in [0.05, 0.1) is 46.0 Å². The lowest BCUT2D eigenvalue weighted by Crippen LogP contribution is -2.01. The van der Waals surface area contributed by atoms with Gasteiger partial charge in [0.25, 0.3) is 0 Å². The van der Waals surface area contributed by atoms with Crippen molar-refractivity contribution >= 4 is 49.3 Å². The Labute approximate surface area is 242 Å². The number of nitriles is 1. The molecule has 0 unspecified atom stereocenters. The summed E-state index contributed by atoms with van der Waals surface area (Å²) in [5, 5.41) is 15.0. The molecule has 8 rings (SSSR count). The molecule has 42 heavy (non-hydrogen) atoms. The highest BCUT2D eigenvalue weighted by Gasteiger charge is 2.21. The maximum Gasteiger partial charge on any atom is 0.195 e. The van der Waals surface area contributed by atoms with Crippen LogP contribution in [0.5, 0.6) is 0 Å². The van der Waals surface area contributed by atoms with E-state index in [1.165, 1.54) is 10.8 Å². The minimum Gasteiger partial charge on any atom is -0.309 e. The summed E-state index contributed by atoms with van der Waals surface area (Å²) in [6.45, 7) is 8.10. The lowest BCUT2D eigenvalue weighted by Gasteiger charge is -2.18. The highest BCUT2D eigenvalue weighted by molar-refractivity contribution is 6.11. The van der Waals surface area contributed by atoms with Crippen molar-refractivity contribution in [1.29, 1.82) is 5.26 Å². The summed E-state index contributed by atoms with van der Waals surface area (Å²) < 4.78 is 4.47. The Morgan fingerprint density at radius 3 is 1.55 bits per heavy atom. The zero-order valence-electron chi connectivity index (χ0n) is 22.5. The maximum absolute atomic E-state index is 10.4. The number of hydrogen-bond donors (Lipinski definition) is 0. The topological polar surface area (TPSA) is 38.0 Å². The van der Waals surface area contributed by atoms with Gasteiger partial charge >= 0.3 is 0 Å². The molecule has 0 bridgehead atoms. The summed E-state index contributed by atoms with van der Waals surface area (Å²) in [4.78, 5) is 3.94. The molecule has 0 spiro atoms. The van der Waals surface area contributed by atoms with E-state index in [1.807, 2.05) is 36.4 Å². The Morgan fingerprint density at radius 1 is 0.548 bits per heavy atom. The van der Waals surface area contributed by atoms with Crippen LogP contribution < -0.4 is 0 Å². The summed E-state index contributed by atoms with van der Waals surface area (Å²) in [5.41, 5.74) is 8.62. The number of nitrogens with zero attached hydrogens (tertiary/aromatic N) is 4. The van der Waals surface area contributed by atoms with Crippen molar-refractivity contribution in [3.05, 3.63) is 150 Å². The highest BCUT2D eigenvalue weighted by Crippen LogP contribution is 2.42. The third-order valence-corrected chi connectivity index (χ3v) is 8.19. The first-order chi connectivity index (χ1) is 20.8. The molecule has 0 aliphatic heterocycles. The van der Waals surface area contributed by atoms with Crippen LogP contribution in [0.1, 0.15) is 5.56 Å². The number of fused-ring (bicyclic) bond motifs is 6. The van der Waals surface area contributed by atoms with E-state index in [0.29, 0.717) is 11.3 Å². The summed E-state index contributed by atoms with van der Waals surface area (Å²) in [7, 11) is 0. The van der Waals surface area contributed by atoms with Gasteiger partial charge in [0.2, 0.25) is 0 Å². The van der Waals surface area contributed by atoms with Crippen LogP contribution >= 0.6 is 0 Å². The van der Waals surface area contributed by atoms with Crippen LogP contribution in [0.4, 0.5) is 5.69 Å². The SMILES string of the molecule is [C-]#[N+]c1ccc(-n2c3ccccc3c3ccccc32)cc1-c1c(C#N)cccc1-n1c2ccccc2c2ccccc21. The van der Waals surface area contributed by atoms with Crippen molar-refractivity contribution in [3.63, 3.8) is 0 Å². The fourth-order valence-electron chi connectivity index (χ4n) is 6.45. The number of aromatic nitrogens is 2. The van der Waals surface area contributed by atoms with E-state index in [0.717, 1.165) is 55.3 Å². The molecule has 0 aliphatic rings. The minimum atomic E-state index is 0.504. The fourth-order valence-corrected chi connectivity index (χ4v) is 6.45. The van der Waals surface area contributed by atoms with Crippen LogP contribution in [0.15, 0.2) is 133 Å². The Balaban J connectivity index is 1.48. The Hall–Kier alpha value is -6.10. The number of para-hydroxylation sites is 4. The van der Waals surface area contributed by atoms with Crippen LogP contribution in [-0.2, 0) is 0 Å². The van der Waals surface area contributed by atoms with Crippen molar-refractivity contribution < 1.29 is 0 Å². The molecule has 4 heteroatoms. The number of benzene rings is 6. The summed E-state index contributed by atoms with van der Waals surface area (Å²) in [6.07, 6.45) is 0. The first kappa shape index (κ1) is 23.8. The first-order valence-electron chi connectivity index (χ1n) is 13.8. The molecule has 0 aliphatic carbocycles. The predicted octanol–water partition coefficient (Wildman–Crippen LogP) is 9.97. The maximum atomic E-state index is 10.4. The van der Waals surface area contributed by atoms with Crippen molar-refractivity contribution in [2.24, 2.45) is 0 Å². The van der Waals surface area contributed by atoms with Crippen LogP contribution in [0.3, 0.4) is 0 Å². The molecule has 0 saturated carbocycles. The molecule has 0 amide bonds. The molecule has 0 saturated heterocycles. The quantitative estimate of drug-likeness (QED) is 0.208. The van der Waals surface area contributed by atoms with Gasteiger partial charge in [0.15, 0.2) is 5.69 Å². The van der Waals surface area contributed by atoms with E-state index in [-0.39, 0.29) is 0 Å². The second-order valence-electron chi connectivity index (χ2n) is 10.4. The van der Waals surface area contributed by atoms with Gasteiger partial charge < -0.3 is 9.13 Å². The van der Waals surface area contributed by atoms with Gasteiger partial charge in [-0.15, -0.1) is 0 Å². The third kappa shape index (κ3) is 3.33. The second-order valence-corrected chi connectivity index (χ2v) is 10.4. The molecule has 0 radical (unpaired) electrons. The lowest BCUT2D eigenvalue weighted by molar-refractivity contribution is 1.17. The second kappa shape index (κ2) is 9.24. The molecule has 4 nitrogen and oxygen atoms in total. The molecule has 2 heterocycles. The normalized spacial score (nSPS) is 11.3. The molecular formula is C38H22N4. The number of hydrogen-bond acceptors (Lipinski definition) is 1. The summed E-state index contributed by atoms with van der Waals surface area (Å²) in [5.74, 6) is 0. The van der Waals surface area contributed by atoms with Gasteiger partial charge in [-0.2, -0.15) is 5.26 Å². The number of rotatable bonds is 3. The molecule has 2 aromatic heterocycles. The first-order valence-corrected chi connectivity index (χ1v) is 13.8. The van der Waals surface area contributed by atoms with Crippen LogP contribution in [-0.4, -0.2) is 9.13 Å². The van der Waals surface area contributed by atoms with E-state index in [9.17, 15) is 5.26 Å². The molecule has 0 atom stereocenters. The molecule has 194 valence electrons. The molecular weight excluding hydrogens is 512 g/mol. The van der Waals surface area contributed by atoms with Crippen LogP contribution in [0.25, 0.3) is 71.0 Å². The standard InChI is InChI=1S/C38H22N4/c1-40-32-22-21-26(41-33-16-6-2-12-27(33)28-13-3-7-17-34(28)41)23-31(32)38-25(24-39)11-10-20-37(38)42-35-18-8-4-14-29(35)30-15-5-9-19-36(30)42/h2-23H. The highest BCUT2D eigenvalue weighted by atomic mass is 15.0. The zero-order valence-corrected chi connectivity index (χ0v) is 22.5. The average Bonchev–Trinajstić information content (AvgIpc) is 3.57. The smallest absolute Gasteiger partial charge is 0.195 e. The van der Waals surface area contributed by atoms with Gasteiger partial charge in [0, 0.05) is 32.8 Å². The molecule has 0 N–H and O–H groups in total. The van der Waals surface area contributed by atoms with Crippen molar-refractivity contribution in [2.45, 2.75) is 0 Å². The Morgan fingerprint density at radius 2 is 1.05 bits per heavy atom. The van der Waals surface area contributed by atoms with Gasteiger partial charge in [0.1, 0.15) is 0 Å². The summed E-state index contributed by atoms with van der Waals surface area (Å²) >= 11 is 0. The fraction of sp³-hybridized carbons (Fsp3) is 0. The largest absolute Gasteiger partial charge is 0.309 e. The van der Waals surface area contributed by atoms with Crippen LogP contribution in [0.2, 0.25) is 0 Å². The monoisotopic (exact) mass is 534 g/mol. The van der Waals surface area contributed by atoms with E-state index < -0.39 is 0 Å². The van der Waals surface area contributed by atoms with Gasteiger partial charge in [-0.25, -0.2) is 4.85 Å². The summed E-state index contributed by atoms with van der Waals surface area (Å²) in [6, 6.07) is 47.7. The van der Waals surface area contributed by atoms with E-state index >= 15 is 0 Å². The Kier molecular flexibility index (Phi) is 5.22. The predicted molar refractivity (Wildman–Crippen MR) is 172 cm³/mol.